The van der Waals surface area contributed by atoms with Crippen molar-refractivity contribution in [3.63, 3.8) is 0 Å². The Hall–Kier alpha value is -3.92. The van der Waals surface area contributed by atoms with Gasteiger partial charge in [0.05, 0.1) is 38.0 Å². The average molecular weight is 480 g/mol. The predicted molar refractivity (Wildman–Crippen MR) is 130 cm³/mol. The van der Waals surface area contributed by atoms with Crippen molar-refractivity contribution in [3.05, 3.63) is 64.7 Å². The van der Waals surface area contributed by atoms with Gasteiger partial charge in [0, 0.05) is 38.8 Å². The third-order valence-corrected chi connectivity index (χ3v) is 6.05. The van der Waals surface area contributed by atoms with Crippen molar-refractivity contribution >= 4 is 22.7 Å². The van der Waals surface area contributed by atoms with E-state index in [-0.39, 0.29) is 24.6 Å². The van der Waals surface area contributed by atoms with E-state index in [9.17, 15) is 14.4 Å². The molecule has 0 aliphatic carbocycles. The van der Waals surface area contributed by atoms with Gasteiger partial charge in [0.2, 0.25) is 11.8 Å². The highest BCUT2D eigenvalue weighted by Crippen LogP contribution is 2.29. The minimum atomic E-state index is -0.440. The van der Waals surface area contributed by atoms with Crippen LogP contribution in [0.15, 0.2) is 53.6 Å². The van der Waals surface area contributed by atoms with E-state index in [1.807, 2.05) is 18.2 Å². The van der Waals surface area contributed by atoms with Gasteiger partial charge in [0.15, 0.2) is 11.5 Å². The fourth-order valence-corrected chi connectivity index (χ4v) is 4.09. The minimum absolute atomic E-state index is 0.113. The van der Waals surface area contributed by atoms with Crippen LogP contribution in [0, 0.1) is 0 Å². The maximum Gasteiger partial charge on any atom is 0.261 e. The molecule has 184 valence electrons. The van der Waals surface area contributed by atoms with Crippen molar-refractivity contribution in [2.45, 2.75) is 13.1 Å². The second kappa shape index (κ2) is 11.0. The maximum atomic E-state index is 12.8. The van der Waals surface area contributed by atoms with E-state index in [1.165, 1.54) is 30.7 Å². The highest BCUT2D eigenvalue weighted by atomic mass is 16.5. The van der Waals surface area contributed by atoms with Gasteiger partial charge in [-0.15, -0.1) is 0 Å². The van der Waals surface area contributed by atoms with Gasteiger partial charge in [0.25, 0.3) is 5.56 Å². The Morgan fingerprint density at radius 2 is 1.69 bits per heavy atom. The summed E-state index contributed by atoms with van der Waals surface area (Å²) in [6, 6.07) is 13.4. The number of hydrogen-bond donors (Lipinski definition) is 1. The van der Waals surface area contributed by atoms with Gasteiger partial charge in [-0.2, -0.15) is 0 Å². The SMILES string of the molecule is COc1cc2ncn(CC(=O)NCC(=O)N3CCN(Cc4ccccc4)CC3)c(=O)c2cc1OC. The zero-order valence-electron chi connectivity index (χ0n) is 19.9. The molecule has 35 heavy (non-hydrogen) atoms. The molecule has 3 aromatic rings. The molecule has 10 nitrogen and oxygen atoms in total. The third kappa shape index (κ3) is 5.78. The molecule has 0 unspecified atom stereocenters. The number of hydrogen-bond acceptors (Lipinski definition) is 7. The summed E-state index contributed by atoms with van der Waals surface area (Å²) in [5, 5.41) is 2.93. The quantitative estimate of drug-likeness (QED) is 0.511. The van der Waals surface area contributed by atoms with Gasteiger partial charge in [-0.25, -0.2) is 4.98 Å². The molecule has 1 aromatic heterocycles. The van der Waals surface area contributed by atoms with Crippen LogP contribution < -0.4 is 20.3 Å². The Morgan fingerprint density at radius 1 is 1.00 bits per heavy atom. The number of nitrogens with zero attached hydrogens (tertiary/aromatic N) is 4. The molecule has 1 aliphatic rings. The first-order chi connectivity index (χ1) is 17.0. The van der Waals surface area contributed by atoms with Gasteiger partial charge in [-0.1, -0.05) is 30.3 Å². The molecule has 1 N–H and O–H groups in total. The van der Waals surface area contributed by atoms with Crippen LogP contribution in [0.2, 0.25) is 0 Å². The lowest BCUT2D eigenvalue weighted by molar-refractivity contribution is -0.134. The zero-order valence-corrected chi connectivity index (χ0v) is 19.9. The smallest absolute Gasteiger partial charge is 0.261 e. The van der Waals surface area contributed by atoms with E-state index < -0.39 is 5.91 Å². The zero-order chi connectivity index (χ0) is 24.8. The monoisotopic (exact) mass is 479 g/mol. The molecule has 0 radical (unpaired) electrons. The van der Waals surface area contributed by atoms with Gasteiger partial charge >= 0.3 is 0 Å². The van der Waals surface area contributed by atoms with E-state index in [0.717, 1.165) is 19.6 Å². The first-order valence-electron chi connectivity index (χ1n) is 11.4. The normalized spacial score (nSPS) is 14.1. The first-order valence-corrected chi connectivity index (χ1v) is 11.4. The van der Waals surface area contributed by atoms with E-state index in [0.29, 0.717) is 35.5 Å². The summed E-state index contributed by atoms with van der Waals surface area (Å²) in [6.07, 6.45) is 1.31. The molecule has 2 amide bonds. The van der Waals surface area contributed by atoms with Gasteiger partial charge in [-0.3, -0.25) is 23.9 Å². The van der Waals surface area contributed by atoms with Crippen molar-refractivity contribution in [1.29, 1.82) is 0 Å². The van der Waals surface area contributed by atoms with Crippen molar-refractivity contribution in [2.24, 2.45) is 0 Å². The molecule has 0 atom stereocenters. The lowest BCUT2D eigenvalue weighted by atomic mass is 10.2. The molecule has 2 heterocycles. The van der Waals surface area contributed by atoms with Crippen molar-refractivity contribution in [2.75, 3.05) is 46.9 Å². The molecule has 0 saturated carbocycles. The molecular formula is C25H29N5O5. The Labute approximate surface area is 203 Å². The number of nitrogens with one attached hydrogen (secondary N) is 1. The third-order valence-electron chi connectivity index (χ3n) is 6.05. The van der Waals surface area contributed by atoms with Crippen LogP contribution >= 0.6 is 0 Å². The number of ether oxygens (including phenoxy) is 2. The van der Waals surface area contributed by atoms with E-state index >= 15 is 0 Å². The summed E-state index contributed by atoms with van der Waals surface area (Å²) in [5.74, 6) is 0.278. The second-order valence-corrected chi connectivity index (χ2v) is 8.32. The number of rotatable bonds is 8. The number of amides is 2. The topological polar surface area (TPSA) is 106 Å². The fourth-order valence-electron chi connectivity index (χ4n) is 4.09. The Bertz CT molecular complexity index is 1250. The van der Waals surface area contributed by atoms with Crippen molar-refractivity contribution in [3.8, 4) is 11.5 Å². The summed E-state index contributed by atoms with van der Waals surface area (Å²) in [6.45, 7) is 3.28. The summed E-state index contributed by atoms with van der Waals surface area (Å²) in [7, 11) is 2.98. The number of methoxy groups -OCH3 is 2. The Kier molecular flexibility index (Phi) is 7.61. The van der Waals surface area contributed by atoms with Crippen LogP contribution in [-0.4, -0.2) is 78.1 Å². The van der Waals surface area contributed by atoms with Crippen LogP contribution in [0.4, 0.5) is 0 Å². The van der Waals surface area contributed by atoms with Gasteiger partial charge in [-0.05, 0) is 11.6 Å². The summed E-state index contributed by atoms with van der Waals surface area (Å²) < 4.78 is 11.7. The second-order valence-electron chi connectivity index (χ2n) is 8.32. The van der Waals surface area contributed by atoms with Crippen LogP contribution in [0.1, 0.15) is 5.56 Å². The molecule has 0 bridgehead atoms. The van der Waals surface area contributed by atoms with E-state index in [1.54, 1.807) is 17.0 Å². The van der Waals surface area contributed by atoms with E-state index in [2.05, 4.69) is 27.3 Å². The summed E-state index contributed by atoms with van der Waals surface area (Å²) in [5.41, 5.74) is 1.30. The van der Waals surface area contributed by atoms with Gasteiger partial charge in [0.1, 0.15) is 6.54 Å². The number of benzene rings is 2. The van der Waals surface area contributed by atoms with Crippen molar-refractivity contribution < 1.29 is 19.1 Å². The molecule has 1 fully saturated rings. The molecule has 1 saturated heterocycles. The van der Waals surface area contributed by atoms with Gasteiger partial charge < -0.3 is 19.7 Å². The highest BCUT2D eigenvalue weighted by molar-refractivity contribution is 5.85. The summed E-state index contributed by atoms with van der Waals surface area (Å²) >= 11 is 0. The van der Waals surface area contributed by atoms with E-state index in [4.69, 9.17) is 9.47 Å². The number of piperazine rings is 1. The molecule has 1 aliphatic heterocycles. The van der Waals surface area contributed by atoms with Crippen LogP contribution in [-0.2, 0) is 22.7 Å². The Morgan fingerprint density at radius 3 is 2.37 bits per heavy atom. The average Bonchev–Trinajstić information content (AvgIpc) is 2.89. The molecule has 0 spiro atoms. The number of carbonyl (C=O) groups excluding carboxylic acids is 2. The molecule has 4 rings (SSSR count). The standard InChI is InChI=1S/C25H29N5O5/c1-34-21-12-19-20(13-22(21)35-2)27-17-30(25(19)33)16-23(31)26-14-24(32)29-10-8-28(9-11-29)15-18-6-4-3-5-7-18/h3-7,12-13,17H,8-11,14-16H2,1-2H3,(H,26,31). The number of fused-ring (bicyclic) bond motifs is 1. The fraction of sp³-hybridized carbons (Fsp3) is 0.360. The largest absolute Gasteiger partial charge is 0.493 e. The minimum Gasteiger partial charge on any atom is -0.493 e. The molecule has 10 heteroatoms. The molecular weight excluding hydrogens is 450 g/mol. The lowest BCUT2D eigenvalue weighted by Gasteiger charge is -2.34. The highest BCUT2D eigenvalue weighted by Gasteiger charge is 2.21. The van der Waals surface area contributed by atoms with Crippen molar-refractivity contribution in [1.82, 2.24) is 24.7 Å². The van der Waals surface area contributed by atoms with Crippen LogP contribution in [0.25, 0.3) is 10.9 Å². The number of carbonyl (C=O) groups is 2. The first kappa shape index (κ1) is 24.2. The van der Waals surface area contributed by atoms with Crippen LogP contribution in [0.3, 0.4) is 0 Å². The van der Waals surface area contributed by atoms with Crippen LogP contribution in [0.5, 0.6) is 11.5 Å². The molecule has 2 aromatic carbocycles. The predicted octanol–water partition coefficient (Wildman–Crippen LogP) is 0.874. The Balaban J connectivity index is 1.29. The number of aromatic nitrogens is 2. The summed E-state index contributed by atoms with van der Waals surface area (Å²) in [4.78, 5) is 46.2. The maximum absolute atomic E-state index is 12.8. The lowest BCUT2D eigenvalue weighted by Crippen LogP contribution is -2.51.